The number of hydrogen-bond donors (Lipinski definition) is 0. The topological polar surface area (TPSA) is 155 Å². The van der Waals surface area contributed by atoms with E-state index in [2.05, 4.69) is 182 Å². The zero-order chi connectivity index (χ0) is 69.8. The largest absolute Gasteiger partial charge is 0.455 e. The van der Waals surface area contributed by atoms with Crippen molar-refractivity contribution in [1.82, 2.24) is 49.8 Å². The maximum atomic E-state index is 6.92. The highest BCUT2D eigenvalue weighted by Crippen LogP contribution is 2.47. The molecule has 0 radical (unpaired) electrons. The van der Waals surface area contributed by atoms with Gasteiger partial charge < -0.3 is 8.83 Å². The molecule has 106 heavy (non-hydrogen) atoms. The molecule has 0 saturated carbocycles. The average molecular weight is 1390 g/mol. The molecule has 0 spiro atoms. The first-order chi connectivity index (χ1) is 52.5. The fourth-order valence-corrected chi connectivity index (χ4v) is 16.9. The lowest BCUT2D eigenvalue weighted by molar-refractivity contribution is 0.669. The van der Waals surface area contributed by atoms with E-state index in [0.29, 0.717) is 68.9 Å². The van der Waals surface area contributed by atoms with Crippen LogP contribution in [0, 0.1) is 0 Å². The summed E-state index contributed by atoms with van der Waals surface area (Å²) in [6.45, 7) is 0. The highest BCUT2D eigenvalue weighted by molar-refractivity contribution is 7.26. The van der Waals surface area contributed by atoms with Gasteiger partial charge in [0.15, 0.2) is 46.6 Å². The molecule has 0 bridgehead atoms. The van der Waals surface area contributed by atoms with Gasteiger partial charge in [-0.3, -0.25) is 0 Å². The van der Waals surface area contributed by atoms with Crippen molar-refractivity contribution < 1.29 is 8.83 Å². The SMILES string of the molecule is c1ccc(-c2nc(-c3ccccc3)nc(-c3cccc4oc5c(-c6nc(-c7ccc(-c8ccc(-c9cccc(-c%10nc(-c%11ccccc%11)nc(-c%11cccc%12oc%13c(-c%14nc(-c%15ccccc%15)c%15sc%16ccccc%16c%15n%14)cccc%13c%11%12)n%10)c9)cc8)cc7)c7sc8ccccc8c7n6)cccc5c34)n2)cc1. The van der Waals surface area contributed by atoms with E-state index in [9.17, 15) is 0 Å². The lowest BCUT2D eigenvalue weighted by Gasteiger charge is -2.11. The third kappa shape index (κ3) is 10.4. The normalized spacial score (nSPS) is 11.8. The van der Waals surface area contributed by atoms with Gasteiger partial charge in [-0.2, -0.15) is 0 Å². The molecule has 0 aliphatic carbocycles. The Morgan fingerprint density at radius 1 is 0.208 bits per heavy atom. The lowest BCUT2D eigenvalue weighted by atomic mass is 9.98. The highest BCUT2D eigenvalue weighted by atomic mass is 32.1. The van der Waals surface area contributed by atoms with Crippen LogP contribution >= 0.6 is 22.7 Å². The van der Waals surface area contributed by atoms with Gasteiger partial charge in [0.05, 0.1) is 42.9 Å². The Morgan fingerprint density at radius 3 is 0.972 bits per heavy atom. The third-order valence-electron chi connectivity index (χ3n) is 19.7. The van der Waals surface area contributed by atoms with Gasteiger partial charge in [-0.25, -0.2) is 49.8 Å². The molecule has 0 amide bonds. The molecule has 0 aliphatic rings. The van der Waals surface area contributed by atoms with E-state index < -0.39 is 0 Å². The minimum Gasteiger partial charge on any atom is -0.455 e. The molecule has 8 heterocycles. The van der Waals surface area contributed by atoms with Crippen molar-refractivity contribution in [2.24, 2.45) is 0 Å². The van der Waals surface area contributed by atoms with Gasteiger partial charge in [-0.1, -0.05) is 273 Å². The number of fused-ring (bicyclic) bond motifs is 12. The zero-order valence-corrected chi connectivity index (χ0v) is 57.8. The van der Waals surface area contributed by atoms with Crippen LogP contribution in [0.1, 0.15) is 0 Å². The highest BCUT2D eigenvalue weighted by Gasteiger charge is 2.26. The van der Waals surface area contributed by atoms with Crippen molar-refractivity contribution in [3.05, 3.63) is 315 Å². The monoisotopic (exact) mass is 1390 g/mol. The number of hydrogen-bond acceptors (Lipinski definition) is 14. The van der Waals surface area contributed by atoms with E-state index in [1.54, 1.807) is 22.7 Å². The fraction of sp³-hybridized carbons (Fsp3) is 0. The van der Waals surface area contributed by atoms with Gasteiger partial charge in [0.25, 0.3) is 0 Å². The molecular weight excluding hydrogens is 1340 g/mol. The van der Waals surface area contributed by atoms with Crippen LogP contribution in [0.2, 0.25) is 0 Å². The lowest BCUT2D eigenvalue weighted by Crippen LogP contribution is -2.00. The Labute approximate surface area is 613 Å². The molecule has 21 aromatic rings. The number of furan rings is 2. The molecule has 21 rings (SSSR count). The van der Waals surface area contributed by atoms with Crippen molar-refractivity contribution >= 4 is 107 Å². The van der Waals surface area contributed by atoms with E-state index in [1.165, 1.54) is 0 Å². The number of thiophene rings is 2. The standard InChI is InChI=1S/C92H52N10O2S2/c1-5-22-56(23-6-1)77-83-79(63-32-13-15-42-73(63)105-83)95-91(93-77)69-38-18-35-66-76-68(37-21-41-72(76)104-81(66)69)90-101-87(60-28-11-4-12-29-60)98-88(102-90)62-31-17-30-61(52-62)55-46-44-53(45-47-55)54-48-50-57(51-49-54)78-84-80(64-33-14-16-43-74(64)106-84)96-92(94-78)70-39-19-34-65-75-67(36-20-40-71(75)103-82(65)70)89-99-85(58-24-7-2-8-25-58)97-86(100-89)59-26-9-3-10-27-59/h1-52H. The minimum absolute atomic E-state index is 0.523. The van der Waals surface area contributed by atoms with E-state index in [1.807, 2.05) is 133 Å². The number of aromatic nitrogens is 10. The Kier molecular flexibility index (Phi) is 14.3. The maximum absolute atomic E-state index is 6.92. The van der Waals surface area contributed by atoms with Gasteiger partial charge in [0.2, 0.25) is 0 Å². The van der Waals surface area contributed by atoms with Crippen molar-refractivity contribution in [3.8, 4) is 136 Å². The van der Waals surface area contributed by atoms with Crippen molar-refractivity contribution in [2.45, 2.75) is 0 Å². The molecule has 0 fully saturated rings. The van der Waals surface area contributed by atoms with Gasteiger partial charge in [-0.05, 0) is 64.7 Å². The zero-order valence-electron chi connectivity index (χ0n) is 56.1. The summed E-state index contributed by atoms with van der Waals surface area (Å²) in [4.78, 5) is 52.5. The predicted molar refractivity (Wildman–Crippen MR) is 430 cm³/mol. The van der Waals surface area contributed by atoms with Crippen LogP contribution in [-0.4, -0.2) is 49.8 Å². The van der Waals surface area contributed by atoms with Crippen LogP contribution in [0.25, 0.3) is 220 Å². The second kappa shape index (κ2) is 25.0. The first-order valence-corrected chi connectivity index (χ1v) is 36.5. The Balaban J connectivity index is 0.611. The molecule has 0 saturated heterocycles. The summed E-state index contributed by atoms with van der Waals surface area (Å²) in [6, 6.07) is 108. The summed E-state index contributed by atoms with van der Waals surface area (Å²) < 4.78 is 18.2. The van der Waals surface area contributed by atoms with Crippen LogP contribution in [0.4, 0.5) is 0 Å². The quantitative estimate of drug-likeness (QED) is 0.114. The van der Waals surface area contributed by atoms with Crippen LogP contribution in [0.3, 0.4) is 0 Å². The van der Waals surface area contributed by atoms with Crippen LogP contribution in [-0.2, 0) is 0 Å². The van der Waals surface area contributed by atoms with E-state index >= 15 is 0 Å². The smallest absolute Gasteiger partial charge is 0.164 e. The van der Waals surface area contributed by atoms with E-state index in [0.717, 1.165) is 151 Å². The number of para-hydroxylation sites is 2. The molecule has 14 heteroatoms. The van der Waals surface area contributed by atoms with Crippen LogP contribution in [0.5, 0.6) is 0 Å². The number of benzene rings is 13. The van der Waals surface area contributed by atoms with E-state index in [4.69, 9.17) is 58.7 Å². The Bertz CT molecular complexity index is 7010. The van der Waals surface area contributed by atoms with Gasteiger partial charge in [0.1, 0.15) is 22.3 Å². The molecule has 0 N–H and O–H groups in total. The number of rotatable bonds is 12. The summed E-state index contributed by atoms with van der Waals surface area (Å²) in [5, 5.41) is 5.76. The molecule has 0 aliphatic heterocycles. The summed E-state index contributed by atoms with van der Waals surface area (Å²) >= 11 is 3.42. The van der Waals surface area contributed by atoms with Crippen LogP contribution < -0.4 is 0 Å². The Hall–Kier alpha value is -13.9. The second-order valence-corrected chi connectivity index (χ2v) is 28.2. The number of nitrogens with zero attached hydrogens (tertiary/aromatic N) is 10. The average Bonchev–Trinajstić information content (AvgIpc) is 1.58. The molecule has 494 valence electrons. The first-order valence-electron chi connectivity index (χ1n) is 34.8. The maximum Gasteiger partial charge on any atom is 0.164 e. The molecule has 8 aromatic heterocycles. The van der Waals surface area contributed by atoms with Crippen molar-refractivity contribution in [1.29, 1.82) is 0 Å². The van der Waals surface area contributed by atoms with Gasteiger partial charge in [0, 0.05) is 86.2 Å². The molecular formula is C92H52N10O2S2. The molecule has 0 unspecified atom stereocenters. The minimum atomic E-state index is 0.523. The third-order valence-corrected chi connectivity index (χ3v) is 22.0. The van der Waals surface area contributed by atoms with Gasteiger partial charge >= 0.3 is 0 Å². The fourth-order valence-electron chi connectivity index (χ4n) is 14.6. The first kappa shape index (κ1) is 60.8. The second-order valence-electron chi connectivity index (χ2n) is 26.1. The molecule has 12 nitrogen and oxygen atoms in total. The van der Waals surface area contributed by atoms with Gasteiger partial charge in [-0.15, -0.1) is 22.7 Å². The van der Waals surface area contributed by atoms with Crippen molar-refractivity contribution in [2.75, 3.05) is 0 Å². The predicted octanol–water partition coefficient (Wildman–Crippen LogP) is 24.2. The van der Waals surface area contributed by atoms with E-state index in [-0.39, 0.29) is 0 Å². The summed E-state index contributed by atoms with van der Waals surface area (Å²) in [6.07, 6.45) is 0. The summed E-state index contributed by atoms with van der Waals surface area (Å²) in [5.74, 6) is 4.49. The molecule has 13 aromatic carbocycles. The summed E-state index contributed by atoms with van der Waals surface area (Å²) in [7, 11) is 0. The van der Waals surface area contributed by atoms with Crippen LogP contribution in [0.15, 0.2) is 324 Å². The molecule has 0 atom stereocenters. The van der Waals surface area contributed by atoms with Crippen molar-refractivity contribution in [3.63, 3.8) is 0 Å². The Morgan fingerprint density at radius 2 is 0.519 bits per heavy atom. The summed E-state index contributed by atoms with van der Waals surface area (Å²) in [5.41, 5.74) is 19.2.